The minimum absolute atomic E-state index is 0.201. The number of hydrazone groups is 1. The van der Waals surface area contributed by atoms with Crippen molar-refractivity contribution in [3.8, 4) is 11.5 Å². The molecule has 0 aliphatic heterocycles. The second kappa shape index (κ2) is 7.45. The van der Waals surface area contributed by atoms with E-state index in [0.717, 1.165) is 0 Å². The van der Waals surface area contributed by atoms with Crippen molar-refractivity contribution in [2.45, 2.75) is 6.92 Å². The highest BCUT2D eigenvalue weighted by Crippen LogP contribution is 2.32. The molecule has 2 aromatic rings. The van der Waals surface area contributed by atoms with Gasteiger partial charge < -0.3 is 20.5 Å². The number of rotatable bonds is 6. The molecule has 1 heterocycles. The molecule has 2 rings (SSSR count). The first-order valence-electron chi connectivity index (χ1n) is 6.57. The van der Waals surface area contributed by atoms with Crippen LogP contribution in [0.25, 0.3) is 0 Å². The normalized spacial score (nSPS) is 10.6. The number of carbonyl (C=O) groups excluding carboxylic acids is 1. The predicted octanol–water partition coefficient (Wildman–Crippen LogP) is 2.15. The van der Waals surface area contributed by atoms with Gasteiger partial charge >= 0.3 is 0 Å². The van der Waals surface area contributed by atoms with Crippen LogP contribution in [-0.4, -0.2) is 31.3 Å². The average Bonchev–Trinajstić information content (AvgIpc) is 2.93. The van der Waals surface area contributed by atoms with Crippen LogP contribution in [0.15, 0.2) is 22.6 Å². The molecule has 0 fully saturated rings. The Morgan fingerprint density at radius 1 is 1.35 bits per heavy atom. The van der Waals surface area contributed by atoms with E-state index < -0.39 is 0 Å². The Labute approximate surface area is 137 Å². The smallest absolute Gasteiger partial charge is 0.221 e. The fraction of sp³-hybridized carbons (Fsp3) is 0.214. The summed E-state index contributed by atoms with van der Waals surface area (Å²) in [6, 6.07) is 3.38. The lowest BCUT2D eigenvalue weighted by Crippen LogP contribution is -2.09. The molecule has 4 N–H and O–H groups in total. The van der Waals surface area contributed by atoms with Gasteiger partial charge in [-0.15, -0.1) is 11.3 Å². The van der Waals surface area contributed by atoms with Crippen LogP contribution >= 0.6 is 11.3 Å². The Morgan fingerprint density at radius 3 is 2.61 bits per heavy atom. The molecule has 0 spiro atoms. The van der Waals surface area contributed by atoms with Crippen molar-refractivity contribution >= 4 is 40.1 Å². The summed E-state index contributed by atoms with van der Waals surface area (Å²) in [5, 5.41) is 9.09. The second-order valence-electron chi connectivity index (χ2n) is 4.42. The summed E-state index contributed by atoms with van der Waals surface area (Å²) in [5.74, 6) is 1.26. The molecule has 0 aliphatic carbocycles. The molecule has 0 saturated carbocycles. The van der Waals surface area contributed by atoms with Gasteiger partial charge in [-0.25, -0.2) is 4.98 Å². The number of thiazole rings is 1. The molecule has 1 aromatic carbocycles. The van der Waals surface area contributed by atoms with Gasteiger partial charge in [-0.05, 0) is 6.07 Å². The SMILES string of the molecule is COc1cc(C=NNc2nc(N)cs2)c(NC(C)=O)cc1OC. The van der Waals surface area contributed by atoms with Crippen molar-refractivity contribution in [2.75, 3.05) is 30.7 Å². The summed E-state index contributed by atoms with van der Waals surface area (Å²) in [7, 11) is 3.06. The van der Waals surface area contributed by atoms with E-state index in [2.05, 4.69) is 20.8 Å². The van der Waals surface area contributed by atoms with Gasteiger partial charge in [-0.1, -0.05) is 0 Å². The number of ether oxygens (including phenoxy) is 2. The van der Waals surface area contributed by atoms with E-state index in [9.17, 15) is 4.79 Å². The largest absolute Gasteiger partial charge is 0.493 e. The van der Waals surface area contributed by atoms with E-state index in [1.807, 2.05) is 0 Å². The third-order valence-corrected chi connectivity index (χ3v) is 3.52. The van der Waals surface area contributed by atoms with E-state index in [0.29, 0.717) is 33.7 Å². The maximum absolute atomic E-state index is 11.4. The molecule has 122 valence electrons. The first-order valence-corrected chi connectivity index (χ1v) is 7.45. The third kappa shape index (κ3) is 4.33. The van der Waals surface area contributed by atoms with Gasteiger partial charge in [0, 0.05) is 23.9 Å². The molecule has 0 atom stereocenters. The fourth-order valence-electron chi connectivity index (χ4n) is 1.79. The summed E-state index contributed by atoms with van der Waals surface area (Å²) in [5.41, 5.74) is 9.52. The molecule has 9 heteroatoms. The van der Waals surface area contributed by atoms with Gasteiger partial charge in [-0.2, -0.15) is 5.10 Å². The van der Waals surface area contributed by atoms with Crippen molar-refractivity contribution in [1.82, 2.24) is 4.98 Å². The maximum atomic E-state index is 11.4. The van der Waals surface area contributed by atoms with Crippen molar-refractivity contribution in [3.63, 3.8) is 0 Å². The van der Waals surface area contributed by atoms with Crippen molar-refractivity contribution in [1.29, 1.82) is 0 Å². The van der Waals surface area contributed by atoms with Crippen LogP contribution < -0.4 is 25.9 Å². The predicted molar refractivity (Wildman–Crippen MR) is 91.6 cm³/mol. The van der Waals surface area contributed by atoms with Gasteiger partial charge in [0.05, 0.1) is 26.1 Å². The van der Waals surface area contributed by atoms with Crippen LogP contribution in [0, 0.1) is 0 Å². The Hall–Kier alpha value is -2.81. The highest BCUT2D eigenvalue weighted by atomic mass is 32.1. The summed E-state index contributed by atoms with van der Waals surface area (Å²) in [4.78, 5) is 15.4. The lowest BCUT2D eigenvalue weighted by atomic mass is 10.1. The Bertz CT molecular complexity index is 729. The van der Waals surface area contributed by atoms with E-state index in [1.54, 1.807) is 23.7 Å². The first-order chi connectivity index (χ1) is 11.0. The number of benzene rings is 1. The highest BCUT2D eigenvalue weighted by molar-refractivity contribution is 7.14. The van der Waals surface area contributed by atoms with Gasteiger partial charge in [0.1, 0.15) is 5.82 Å². The van der Waals surface area contributed by atoms with Crippen molar-refractivity contribution in [2.24, 2.45) is 5.10 Å². The van der Waals surface area contributed by atoms with Crippen LogP contribution in [-0.2, 0) is 4.79 Å². The topological polar surface area (TPSA) is 111 Å². The van der Waals surface area contributed by atoms with Crippen LogP contribution in [0.1, 0.15) is 12.5 Å². The molecular weight excluding hydrogens is 318 g/mol. The highest BCUT2D eigenvalue weighted by Gasteiger charge is 2.11. The number of carbonyl (C=O) groups is 1. The van der Waals surface area contributed by atoms with Crippen LogP contribution in [0.2, 0.25) is 0 Å². The zero-order valence-corrected chi connectivity index (χ0v) is 13.7. The van der Waals surface area contributed by atoms with Crippen molar-refractivity contribution in [3.05, 3.63) is 23.1 Å². The molecule has 1 amide bonds. The molecule has 0 bridgehead atoms. The average molecular weight is 335 g/mol. The lowest BCUT2D eigenvalue weighted by Gasteiger charge is -2.13. The molecule has 0 aliphatic rings. The number of hydrogen-bond acceptors (Lipinski definition) is 8. The number of anilines is 3. The molecule has 1 aromatic heterocycles. The van der Waals surface area contributed by atoms with Gasteiger partial charge in [0.15, 0.2) is 11.5 Å². The van der Waals surface area contributed by atoms with Gasteiger partial charge in [0.2, 0.25) is 11.0 Å². The number of aromatic nitrogens is 1. The second-order valence-corrected chi connectivity index (χ2v) is 5.28. The van der Waals surface area contributed by atoms with Crippen LogP contribution in [0.5, 0.6) is 11.5 Å². The Balaban J connectivity index is 2.28. The van der Waals surface area contributed by atoms with E-state index in [1.165, 1.54) is 32.5 Å². The molecular formula is C14H17N5O3S. The fourth-order valence-corrected chi connectivity index (χ4v) is 2.34. The minimum Gasteiger partial charge on any atom is -0.493 e. The van der Waals surface area contributed by atoms with Crippen molar-refractivity contribution < 1.29 is 14.3 Å². The Morgan fingerprint density at radius 2 is 2.04 bits per heavy atom. The quantitative estimate of drug-likeness (QED) is 0.551. The number of nitrogens with one attached hydrogen (secondary N) is 2. The first kappa shape index (κ1) is 16.6. The molecule has 0 radical (unpaired) electrons. The van der Waals surface area contributed by atoms with Crippen LogP contribution in [0.3, 0.4) is 0 Å². The maximum Gasteiger partial charge on any atom is 0.221 e. The van der Waals surface area contributed by atoms with E-state index in [-0.39, 0.29) is 5.91 Å². The zero-order valence-electron chi connectivity index (χ0n) is 12.9. The Kier molecular flexibility index (Phi) is 5.36. The number of nitrogens with two attached hydrogens (primary N) is 1. The number of hydrogen-bond donors (Lipinski definition) is 3. The third-order valence-electron chi connectivity index (χ3n) is 2.75. The standard InChI is InChI=1S/C14H17N5O3S/c1-8(20)17-10-5-12(22-3)11(21-2)4-9(10)6-16-19-14-18-13(15)7-23-14/h4-7H,15H2,1-3H3,(H,17,20)(H,18,19). The number of methoxy groups -OCH3 is 2. The summed E-state index contributed by atoms with van der Waals surface area (Å²) < 4.78 is 10.5. The van der Waals surface area contributed by atoms with Gasteiger partial charge in [0.25, 0.3) is 0 Å². The summed E-state index contributed by atoms with van der Waals surface area (Å²) in [6.45, 7) is 1.42. The summed E-state index contributed by atoms with van der Waals surface area (Å²) >= 11 is 1.34. The zero-order chi connectivity index (χ0) is 16.8. The monoisotopic (exact) mass is 335 g/mol. The molecule has 0 unspecified atom stereocenters. The minimum atomic E-state index is -0.201. The molecule has 0 saturated heterocycles. The number of nitrogens with zero attached hydrogens (tertiary/aromatic N) is 2. The van der Waals surface area contributed by atoms with Gasteiger partial charge in [-0.3, -0.25) is 10.2 Å². The van der Waals surface area contributed by atoms with E-state index >= 15 is 0 Å². The molecule has 23 heavy (non-hydrogen) atoms. The number of nitrogen functional groups attached to an aromatic ring is 1. The number of amides is 1. The summed E-state index contributed by atoms with van der Waals surface area (Å²) in [6.07, 6.45) is 1.55. The van der Waals surface area contributed by atoms with Crippen LogP contribution in [0.4, 0.5) is 16.6 Å². The lowest BCUT2D eigenvalue weighted by molar-refractivity contribution is -0.114. The molecule has 8 nitrogen and oxygen atoms in total. The van der Waals surface area contributed by atoms with E-state index in [4.69, 9.17) is 15.2 Å².